The molecule has 5 nitrogen and oxygen atoms in total. The standard InChI is InChI=1S/C17H16ClN3O2S/c1-19-15(22)10-11-2-8-14(9-3-11)20-17(24)21-16(23)12-4-6-13(18)7-5-12/h2-9H,10H2,1H3,(H,19,22)(H2,20,21,23,24). The molecule has 2 rings (SSSR count). The normalized spacial score (nSPS) is 9.92. The number of thiocarbonyl (C=S) groups is 1. The number of carbonyl (C=O) groups excluding carboxylic acids is 2. The first-order valence-corrected chi connectivity index (χ1v) is 7.94. The maximum atomic E-state index is 12.0. The molecule has 0 unspecified atom stereocenters. The molecule has 0 aliphatic rings. The number of likely N-dealkylation sites (N-methyl/N-ethyl adjacent to an activating group) is 1. The molecule has 24 heavy (non-hydrogen) atoms. The van der Waals surface area contributed by atoms with Crippen LogP contribution in [0.5, 0.6) is 0 Å². The van der Waals surface area contributed by atoms with Gasteiger partial charge in [-0.3, -0.25) is 14.9 Å². The smallest absolute Gasteiger partial charge is 0.257 e. The highest BCUT2D eigenvalue weighted by Gasteiger charge is 2.08. The van der Waals surface area contributed by atoms with Gasteiger partial charge in [0.05, 0.1) is 6.42 Å². The zero-order valence-corrected chi connectivity index (χ0v) is 14.5. The third kappa shape index (κ3) is 5.33. The Labute approximate surface area is 150 Å². The monoisotopic (exact) mass is 361 g/mol. The number of amides is 2. The minimum atomic E-state index is -0.319. The van der Waals surface area contributed by atoms with Crippen LogP contribution in [-0.2, 0) is 11.2 Å². The summed E-state index contributed by atoms with van der Waals surface area (Å²) in [7, 11) is 1.60. The lowest BCUT2D eigenvalue weighted by Gasteiger charge is -2.10. The number of rotatable bonds is 4. The summed E-state index contributed by atoms with van der Waals surface area (Å²) in [6.07, 6.45) is 0.314. The Balaban J connectivity index is 1.91. The quantitative estimate of drug-likeness (QED) is 0.732. The number of anilines is 1. The van der Waals surface area contributed by atoms with Crippen LogP contribution in [0.2, 0.25) is 5.02 Å². The van der Waals surface area contributed by atoms with E-state index in [4.69, 9.17) is 23.8 Å². The summed E-state index contributed by atoms with van der Waals surface area (Å²) < 4.78 is 0. The Hall–Kier alpha value is -2.44. The maximum absolute atomic E-state index is 12.0. The highest BCUT2D eigenvalue weighted by atomic mass is 35.5. The summed E-state index contributed by atoms with van der Waals surface area (Å²) in [5.41, 5.74) is 2.07. The third-order valence-electron chi connectivity index (χ3n) is 3.19. The van der Waals surface area contributed by atoms with E-state index in [2.05, 4.69) is 16.0 Å². The average Bonchev–Trinajstić information content (AvgIpc) is 2.57. The van der Waals surface area contributed by atoms with Gasteiger partial charge in [0, 0.05) is 23.3 Å². The molecule has 124 valence electrons. The second kappa shape index (κ2) is 8.42. The molecule has 0 bridgehead atoms. The Kier molecular flexibility index (Phi) is 6.28. The van der Waals surface area contributed by atoms with Gasteiger partial charge in [0.25, 0.3) is 5.91 Å². The molecule has 7 heteroatoms. The van der Waals surface area contributed by atoms with Gasteiger partial charge < -0.3 is 10.6 Å². The molecule has 0 radical (unpaired) electrons. The topological polar surface area (TPSA) is 70.2 Å². The van der Waals surface area contributed by atoms with E-state index in [0.29, 0.717) is 17.0 Å². The van der Waals surface area contributed by atoms with Crippen molar-refractivity contribution in [1.82, 2.24) is 10.6 Å². The van der Waals surface area contributed by atoms with E-state index in [1.165, 1.54) is 0 Å². The molecule has 3 N–H and O–H groups in total. The molecular formula is C17H16ClN3O2S. The van der Waals surface area contributed by atoms with E-state index < -0.39 is 0 Å². The lowest BCUT2D eigenvalue weighted by atomic mass is 10.1. The molecule has 0 aliphatic heterocycles. The van der Waals surface area contributed by atoms with Gasteiger partial charge in [-0.15, -0.1) is 0 Å². The lowest BCUT2D eigenvalue weighted by molar-refractivity contribution is -0.119. The molecule has 0 saturated carbocycles. The SMILES string of the molecule is CNC(=O)Cc1ccc(NC(=S)NC(=O)c2ccc(Cl)cc2)cc1. The fourth-order valence-electron chi connectivity index (χ4n) is 1.92. The van der Waals surface area contributed by atoms with Crippen molar-refractivity contribution < 1.29 is 9.59 Å². The summed E-state index contributed by atoms with van der Waals surface area (Å²) in [5, 5.41) is 8.83. The van der Waals surface area contributed by atoms with Gasteiger partial charge >= 0.3 is 0 Å². The van der Waals surface area contributed by atoms with Crippen LogP contribution in [0.25, 0.3) is 0 Å². The maximum Gasteiger partial charge on any atom is 0.257 e. The first-order valence-electron chi connectivity index (χ1n) is 7.15. The highest BCUT2D eigenvalue weighted by molar-refractivity contribution is 7.80. The van der Waals surface area contributed by atoms with Gasteiger partial charge in [-0.2, -0.15) is 0 Å². The average molecular weight is 362 g/mol. The van der Waals surface area contributed by atoms with Crippen LogP contribution in [-0.4, -0.2) is 24.0 Å². The van der Waals surface area contributed by atoms with Gasteiger partial charge in [0.2, 0.25) is 5.91 Å². The fraction of sp³-hybridized carbons (Fsp3) is 0.118. The first kappa shape index (κ1) is 17.9. The van der Waals surface area contributed by atoms with Crippen molar-refractivity contribution >= 4 is 46.4 Å². The number of benzene rings is 2. The molecule has 2 amide bonds. The minimum Gasteiger partial charge on any atom is -0.359 e. The third-order valence-corrected chi connectivity index (χ3v) is 3.64. The Bertz CT molecular complexity index is 745. The number of nitrogens with one attached hydrogen (secondary N) is 3. The van der Waals surface area contributed by atoms with Crippen LogP contribution in [0, 0.1) is 0 Å². The number of carbonyl (C=O) groups is 2. The lowest BCUT2D eigenvalue weighted by Crippen LogP contribution is -2.34. The second-order valence-electron chi connectivity index (χ2n) is 4.96. The summed E-state index contributed by atoms with van der Waals surface area (Å²) in [5.74, 6) is -0.373. The summed E-state index contributed by atoms with van der Waals surface area (Å²) in [6.45, 7) is 0. The Morgan fingerprint density at radius 3 is 2.25 bits per heavy atom. The van der Waals surface area contributed by atoms with Crippen molar-refractivity contribution in [2.75, 3.05) is 12.4 Å². The van der Waals surface area contributed by atoms with Crippen LogP contribution in [0.3, 0.4) is 0 Å². The predicted octanol–water partition coefficient (Wildman–Crippen LogP) is 2.76. The largest absolute Gasteiger partial charge is 0.359 e. The van der Waals surface area contributed by atoms with E-state index >= 15 is 0 Å². The van der Waals surface area contributed by atoms with Crippen molar-refractivity contribution in [3.05, 3.63) is 64.7 Å². The molecule has 2 aromatic carbocycles. The van der Waals surface area contributed by atoms with Gasteiger partial charge in [0.1, 0.15) is 0 Å². The van der Waals surface area contributed by atoms with Crippen molar-refractivity contribution in [3.8, 4) is 0 Å². The van der Waals surface area contributed by atoms with E-state index in [-0.39, 0.29) is 16.9 Å². The van der Waals surface area contributed by atoms with Crippen molar-refractivity contribution in [2.24, 2.45) is 0 Å². The second-order valence-corrected chi connectivity index (χ2v) is 5.81. The number of hydrogen-bond donors (Lipinski definition) is 3. The van der Waals surface area contributed by atoms with Crippen LogP contribution in [0.4, 0.5) is 5.69 Å². The molecule has 0 aromatic heterocycles. The van der Waals surface area contributed by atoms with Gasteiger partial charge in [-0.05, 0) is 54.2 Å². The predicted molar refractivity (Wildman–Crippen MR) is 99.4 cm³/mol. The minimum absolute atomic E-state index is 0.0542. The molecule has 0 atom stereocenters. The van der Waals surface area contributed by atoms with Gasteiger partial charge in [-0.1, -0.05) is 23.7 Å². The fourth-order valence-corrected chi connectivity index (χ4v) is 2.26. The Morgan fingerprint density at radius 1 is 1.04 bits per heavy atom. The van der Waals surface area contributed by atoms with E-state index in [1.807, 2.05) is 12.1 Å². The summed E-state index contributed by atoms with van der Waals surface area (Å²) >= 11 is 10.9. The van der Waals surface area contributed by atoms with Gasteiger partial charge in [-0.25, -0.2) is 0 Å². The molecular weight excluding hydrogens is 346 g/mol. The van der Waals surface area contributed by atoms with Crippen LogP contribution in [0.1, 0.15) is 15.9 Å². The van der Waals surface area contributed by atoms with Crippen molar-refractivity contribution in [1.29, 1.82) is 0 Å². The molecule has 2 aromatic rings. The molecule has 0 heterocycles. The molecule has 0 aliphatic carbocycles. The van der Waals surface area contributed by atoms with E-state index in [0.717, 1.165) is 11.3 Å². The Morgan fingerprint density at radius 2 is 1.67 bits per heavy atom. The zero-order chi connectivity index (χ0) is 17.5. The van der Waals surface area contributed by atoms with Crippen LogP contribution < -0.4 is 16.0 Å². The van der Waals surface area contributed by atoms with Crippen molar-refractivity contribution in [3.63, 3.8) is 0 Å². The number of hydrogen-bond acceptors (Lipinski definition) is 3. The summed E-state index contributed by atoms with van der Waals surface area (Å²) in [4.78, 5) is 23.4. The summed E-state index contributed by atoms with van der Waals surface area (Å²) in [6, 6.07) is 13.7. The van der Waals surface area contributed by atoms with Gasteiger partial charge in [0.15, 0.2) is 5.11 Å². The van der Waals surface area contributed by atoms with Crippen LogP contribution >= 0.6 is 23.8 Å². The first-order chi connectivity index (χ1) is 11.5. The van der Waals surface area contributed by atoms with E-state index in [1.54, 1.807) is 43.4 Å². The van der Waals surface area contributed by atoms with Crippen molar-refractivity contribution in [2.45, 2.75) is 6.42 Å². The molecule has 0 fully saturated rings. The molecule has 0 saturated heterocycles. The highest BCUT2D eigenvalue weighted by Crippen LogP contribution is 2.11. The zero-order valence-electron chi connectivity index (χ0n) is 12.9. The van der Waals surface area contributed by atoms with E-state index in [9.17, 15) is 9.59 Å². The number of halogens is 1. The molecule has 0 spiro atoms. The van der Waals surface area contributed by atoms with Crippen LogP contribution in [0.15, 0.2) is 48.5 Å².